The molecule has 0 bridgehead atoms. The van der Waals surface area contributed by atoms with Gasteiger partial charge in [0.2, 0.25) is 0 Å². The number of fused-ring (bicyclic) bond motifs is 2. The minimum atomic E-state index is -0.843. The van der Waals surface area contributed by atoms with Crippen LogP contribution in [0.4, 0.5) is 11.6 Å². The maximum Gasteiger partial charge on any atom is 0.145 e. The van der Waals surface area contributed by atoms with Gasteiger partial charge in [-0.1, -0.05) is 12.1 Å². The predicted octanol–water partition coefficient (Wildman–Crippen LogP) is 2.83. The van der Waals surface area contributed by atoms with Gasteiger partial charge in [-0.15, -0.1) is 0 Å². The summed E-state index contributed by atoms with van der Waals surface area (Å²) in [5.41, 5.74) is 9.74. The normalized spacial score (nSPS) is 23.2. The fourth-order valence-corrected chi connectivity index (χ4v) is 4.94. The quantitative estimate of drug-likeness (QED) is 0.382. The van der Waals surface area contributed by atoms with Crippen molar-refractivity contribution in [3.63, 3.8) is 0 Å². The van der Waals surface area contributed by atoms with Crippen molar-refractivity contribution in [2.75, 3.05) is 18.1 Å². The molecular weight excluding hydrogens is 404 g/mol. The molecule has 1 saturated carbocycles. The van der Waals surface area contributed by atoms with Gasteiger partial charge in [0.05, 0.1) is 23.0 Å². The summed E-state index contributed by atoms with van der Waals surface area (Å²) in [7, 11) is 1.82. The molecule has 0 spiro atoms. The number of nitrogens with one attached hydrogen (secondary N) is 1. The SMILES string of the molecule is CNc1ncnc2c1ccn2[C@@H]1C[C@H](CCc2ccc3cc(C)c(N)nc3c2)[C@@H](O)[C@H]1O. The zero-order chi connectivity index (χ0) is 22.4. The van der Waals surface area contributed by atoms with Crippen LogP contribution in [0.15, 0.2) is 42.9 Å². The highest BCUT2D eigenvalue weighted by atomic mass is 16.3. The minimum absolute atomic E-state index is 0.00944. The third-order valence-electron chi connectivity index (χ3n) is 6.79. The van der Waals surface area contributed by atoms with E-state index in [4.69, 9.17) is 5.73 Å². The third-order valence-corrected chi connectivity index (χ3v) is 6.79. The molecule has 5 rings (SSSR count). The highest BCUT2D eigenvalue weighted by Crippen LogP contribution is 2.39. The van der Waals surface area contributed by atoms with Crippen LogP contribution in [0.5, 0.6) is 0 Å². The van der Waals surface area contributed by atoms with Gasteiger partial charge in [0.15, 0.2) is 0 Å². The van der Waals surface area contributed by atoms with Crippen molar-refractivity contribution in [1.29, 1.82) is 0 Å². The molecule has 3 aromatic heterocycles. The first-order valence-corrected chi connectivity index (χ1v) is 11.0. The van der Waals surface area contributed by atoms with Crippen LogP contribution in [-0.4, -0.2) is 49.0 Å². The lowest BCUT2D eigenvalue weighted by Crippen LogP contribution is -2.29. The van der Waals surface area contributed by atoms with E-state index in [-0.39, 0.29) is 12.0 Å². The van der Waals surface area contributed by atoms with E-state index in [0.29, 0.717) is 12.2 Å². The van der Waals surface area contributed by atoms with Gasteiger partial charge in [-0.3, -0.25) is 0 Å². The Morgan fingerprint density at radius 1 is 1.16 bits per heavy atom. The average Bonchev–Trinajstić information content (AvgIpc) is 3.34. The molecule has 166 valence electrons. The molecular formula is C24H28N6O2. The van der Waals surface area contributed by atoms with E-state index in [9.17, 15) is 10.2 Å². The second-order valence-corrected chi connectivity index (χ2v) is 8.73. The Labute approximate surface area is 186 Å². The summed E-state index contributed by atoms with van der Waals surface area (Å²) in [6, 6.07) is 10.0. The van der Waals surface area contributed by atoms with Crippen molar-refractivity contribution in [3.05, 3.63) is 54.0 Å². The Kier molecular flexibility index (Phi) is 5.19. The summed E-state index contributed by atoms with van der Waals surface area (Å²) in [4.78, 5) is 13.2. The molecule has 8 nitrogen and oxygen atoms in total. The fraction of sp³-hybridized carbons (Fsp3) is 0.375. The lowest BCUT2D eigenvalue weighted by molar-refractivity contribution is 0.00545. The molecule has 1 aliphatic carbocycles. The number of benzene rings is 1. The predicted molar refractivity (Wildman–Crippen MR) is 125 cm³/mol. The highest BCUT2D eigenvalue weighted by molar-refractivity contribution is 5.87. The number of aliphatic hydroxyl groups is 2. The molecule has 1 aromatic carbocycles. The lowest BCUT2D eigenvalue weighted by atomic mass is 9.95. The molecule has 3 heterocycles. The number of pyridine rings is 1. The molecule has 8 heteroatoms. The number of rotatable bonds is 5. The largest absolute Gasteiger partial charge is 0.390 e. The molecule has 0 amide bonds. The zero-order valence-corrected chi connectivity index (χ0v) is 18.2. The number of hydrogen-bond acceptors (Lipinski definition) is 7. The molecule has 4 atom stereocenters. The van der Waals surface area contributed by atoms with Gasteiger partial charge in [0.25, 0.3) is 0 Å². The van der Waals surface area contributed by atoms with E-state index >= 15 is 0 Å². The van der Waals surface area contributed by atoms with E-state index in [2.05, 4.69) is 38.5 Å². The van der Waals surface area contributed by atoms with E-state index < -0.39 is 12.2 Å². The van der Waals surface area contributed by atoms with Crippen molar-refractivity contribution in [3.8, 4) is 0 Å². The summed E-state index contributed by atoms with van der Waals surface area (Å²) in [6.45, 7) is 1.96. The van der Waals surface area contributed by atoms with Crippen LogP contribution in [0.2, 0.25) is 0 Å². The average molecular weight is 433 g/mol. The molecule has 0 unspecified atom stereocenters. The van der Waals surface area contributed by atoms with Crippen LogP contribution in [0.1, 0.15) is 30.0 Å². The molecule has 1 aliphatic rings. The molecule has 4 aromatic rings. The van der Waals surface area contributed by atoms with Gasteiger partial charge < -0.3 is 25.8 Å². The van der Waals surface area contributed by atoms with Gasteiger partial charge in [0.1, 0.15) is 29.7 Å². The van der Waals surface area contributed by atoms with Crippen molar-refractivity contribution < 1.29 is 10.2 Å². The van der Waals surface area contributed by atoms with Crippen molar-refractivity contribution in [1.82, 2.24) is 19.5 Å². The minimum Gasteiger partial charge on any atom is -0.390 e. The van der Waals surface area contributed by atoms with Crippen LogP contribution in [-0.2, 0) is 6.42 Å². The van der Waals surface area contributed by atoms with Gasteiger partial charge in [-0.2, -0.15) is 0 Å². The Balaban J connectivity index is 1.34. The van der Waals surface area contributed by atoms with Crippen molar-refractivity contribution >= 4 is 33.6 Å². The van der Waals surface area contributed by atoms with Crippen molar-refractivity contribution in [2.24, 2.45) is 5.92 Å². The van der Waals surface area contributed by atoms with Crippen LogP contribution < -0.4 is 11.1 Å². The van der Waals surface area contributed by atoms with E-state index in [0.717, 1.165) is 51.7 Å². The summed E-state index contributed by atoms with van der Waals surface area (Å²) < 4.78 is 1.97. The van der Waals surface area contributed by atoms with Crippen LogP contribution in [0.3, 0.4) is 0 Å². The van der Waals surface area contributed by atoms with Gasteiger partial charge in [0, 0.05) is 18.6 Å². The summed E-state index contributed by atoms with van der Waals surface area (Å²) in [5.74, 6) is 1.29. The Hall–Kier alpha value is -3.23. The smallest absolute Gasteiger partial charge is 0.145 e. The Bertz CT molecular complexity index is 1290. The first-order chi connectivity index (χ1) is 15.5. The van der Waals surface area contributed by atoms with E-state index in [1.165, 1.54) is 6.33 Å². The number of nitrogens with zero attached hydrogens (tertiary/aromatic N) is 4. The zero-order valence-electron chi connectivity index (χ0n) is 18.2. The molecule has 5 N–H and O–H groups in total. The van der Waals surface area contributed by atoms with Crippen LogP contribution >= 0.6 is 0 Å². The van der Waals surface area contributed by atoms with E-state index in [1.54, 1.807) is 0 Å². The number of nitrogens with two attached hydrogens (primary N) is 1. The van der Waals surface area contributed by atoms with Crippen LogP contribution in [0.25, 0.3) is 21.9 Å². The topological polar surface area (TPSA) is 122 Å². The summed E-state index contributed by atoms with van der Waals surface area (Å²) >= 11 is 0. The number of aliphatic hydroxyl groups excluding tert-OH is 2. The maximum atomic E-state index is 10.8. The van der Waals surface area contributed by atoms with Crippen molar-refractivity contribution in [2.45, 2.75) is 44.4 Å². The third kappa shape index (κ3) is 3.45. The van der Waals surface area contributed by atoms with Gasteiger partial charge in [-0.05, 0) is 61.4 Å². The Morgan fingerprint density at radius 3 is 2.81 bits per heavy atom. The second-order valence-electron chi connectivity index (χ2n) is 8.73. The Morgan fingerprint density at radius 2 is 2.00 bits per heavy atom. The maximum absolute atomic E-state index is 10.8. The number of aryl methyl sites for hydroxylation is 2. The first kappa shape index (κ1) is 20.7. The molecule has 0 radical (unpaired) electrons. The molecule has 0 saturated heterocycles. The first-order valence-electron chi connectivity index (χ1n) is 11.0. The number of aromatic nitrogens is 4. The summed E-state index contributed by atoms with van der Waals surface area (Å²) in [5, 5.41) is 26.6. The number of nitrogen functional groups attached to an aromatic ring is 1. The van der Waals surface area contributed by atoms with Gasteiger partial charge >= 0.3 is 0 Å². The standard InChI is InChI=1S/C24H28N6O2/c1-13-9-15-5-3-14(10-18(15)29-22(13)25)4-6-16-11-19(21(32)20(16)31)30-8-7-17-23(26-2)27-12-28-24(17)30/h3,5,7-10,12,16,19-21,31-32H,4,6,11H2,1-2H3,(H2,25,29)(H,26,27,28)/t16-,19+,20+,21-/m0/s1. The highest BCUT2D eigenvalue weighted by Gasteiger charge is 2.42. The molecule has 32 heavy (non-hydrogen) atoms. The van der Waals surface area contributed by atoms with Gasteiger partial charge in [-0.25, -0.2) is 15.0 Å². The summed E-state index contributed by atoms with van der Waals surface area (Å²) in [6.07, 6.45) is 4.07. The van der Waals surface area contributed by atoms with Crippen LogP contribution in [0, 0.1) is 12.8 Å². The monoisotopic (exact) mass is 432 g/mol. The lowest BCUT2D eigenvalue weighted by Gasteiger charge is -2.19. The fourth-order valence-electron chi connectivity index (χ4n) is 4.94. The molecule has 1 fully saturated rings. The van der Waals surface area contributed by atoms with E-state index in [1.807, 2.05) is 36.9 Å². The number of anilines is 2. The second kappa shape index (κ2) is 8.03. The number of hydrogen-bond donors (Lipinski definition) is 4. The molecule has 0 aliphatic heterocycles.